The zero-order valence-electron chi connectivity index (χ0n) is 16.8. The first-order chi connectivity index (χ1) is 14.2. The summed E-state index contributed by atoms with van der Waals surface area (Å²) in [6.07, 6.45) is -3.24. The van der Waals surface area contributed by atoms with Crippen LogP contribution in [0.25, 0.3) is 0 Å². The van der Waals surface area contributed by atoms with Gasteiger partial charge in [-0.15, -0.1) is 0 Å². The Bertz CT molecular complexity index is 732. The molecule has 0 atom stereocenters. The van der Waals surface area contributed by atoms with E-state index in [0.717, 1.165) is 18.4 Å². The van der Waals surface area contributed by atoms with Crippen LogP contribution in [0.15, 0.2) is 24.3 Å². The lowest BCUT2D eigenvalue weighted by molar-refractivity contribution is -0.173. The first-order valence-electron chi connectivity index (χ1n) is 9.81. The number of alkyl halides is 3. The predicted octanol–water partition coefficient (Wildman–Crippen LogP) is 2.60. The molecule has 30 heavy (non-hydrogen) atoms. The van der Waals surface area contributed by atoms with Gasteiger partial charge in [-0.3, -0.25) is 9.59 Å². The van der Waals surface area contributed by atoms with Crippen LogP contribution in [-0.4, -0.2) is 73.1 Å². The van der Waals surface area contributed by atoms with Crippen molar-refractivity contribution in [1.29, 1.82) is 0 Å². The van der Waals surface area contributed by atoms with Crippen molar-refractivity contribution < 1.29 is 32.3 Å². The largest absolute Gasteiger partial charge is 0.471 e. The second-order valence-corrected chi connectivity index (χ2v) is 6.96. The molecular formula is C20H26F3N3O4. The molecule has 10 heteroatoms. The lowest BCUT2D eigenvalue weighted by atomic mass is 10.1. The van der Waals surface area contributed by atoms with E-state index in [-0.39, 0.29) is 11.6 Å². The van der Waals surface area contributed by atoms with Gasteiger partial charge in [0.25, 0.3) is 0 Å². The molecule has 1 aromatic rings. The van der Waals surface area contributed by atoms with Crippen LogP contribution >= 0.6 is 0 Å². The summed E-state index contributed by atoms with van der Waals surface area (Å²) in [6, 6.07) is 6.21. The fourth-order valence-corrected chi connectivity index (χ4v) is 2.93. The average molecular weight is 429 g/mol. The SMILES string of the molecule is CCCCN(Cc1ccc(C(=O)CNC(=O)C(F)(F)F)cc1)C(=O)N1CCOCC1. The van der Waals surface area contributed by atoms with Gasteiger partial charge < -0.3 is 19.9 Å². The van der Waals surface area contributed by atoms with E-state index in [1.165, 1.54) is 12.1 Å². The van der Waals surface area contributed by atoms with Gasteiger partial charge in [0.15, 0.2) is 5.78 Å². The van der Waals surface area contributed by atoms with Gasteiger partial charge in [0, 0.05) is 31.7 Å². The minimum absolute atomic E-state index is 0.0678. The van der Waals surface area contributed by atoms with Crippen LogP contribution in [0.2, 0.25) is 0 Å². The molecule has 1 heterocycles. The van der Waals surface area contributed by atoms with Crippen LogP contribution in [0, 0.1) is 0 Å². The number of morpholine rings is 1. The number of nitrogens with zero attached hydrogens (tertiary/aromatic N) is 2. The van der Waals surface area contributed by atoms with Crippen molar-refractivity contribution in [2.24, 2.45) is 0 Å². The molecule has 0 saturated carbocycles. The topological polar surface area (TPSA) is 79.0 Å². The number of benzene rings is 1. The molecule has 0 radical (unpaired) electrons. The van der Waals surface area contributed by atoms with E-state index in [1.54, 1.807) is 27.2 Å². The fourth-order valence-electron chi connectivity index (χ4n) is 2.93. The number of nitrogens with one attached hydrogen (secondary N) is 1. The van der Waals surface area contributed by atoms with Crippen molar-refractivity contribution in [3.8, 4) is 0 Å². The number of halogens is 3. The summed E-state index contributed by atoms with van der Waals surface area (Å²) in [5.74, 6) is -2.79. The molecule has 2 rings (SSSR count). The van der Waals surface area contributed by atoms with Crippen LogP contribution in [0.3, 0.4) is 0 Å². The highest BCUT2D eigenvalue weighted by Crippen LogP contribution is 2.15. The maximum absolute atomic E-state index is 12.8. The zero-order chi connectivity index (χ0) is 22.1. The quantitative estimate of drug-likeness (QED) is 0.645. The number of unbranched alkanes of at least 4 members (excludes halogenated alkanes) is 1. The van der Waals surface area contributed by atoms with Crippen molar-refractivity contribution in [3.63, 3.8) is 0 Å². The molecule has 0 spiro atoms. The number of carbonyl (C=O) groups excluding carboxylic acids is 3. The minimum atomic E-state index is -5.03. The maximum atomic E-state index is 12.8. The van der Waals surface area contributed by atoms with Crippen molar-refractivity contribution in [2.75, 3.05) is 39.4 Å². The number of hydrogen-bond donors (Lipinski definition) is 1. The molecule has 1 N–H and O–H groups in total. The number of rotatable bonds is 8. The van der Waals surface area contributed by atoms with Crippen molar-refractivity contribution >= 4 is 17.7 Å². The van der Waals surface area contributed by atoms with Gasteiger partial charge in [-0.2, -0.15) is 13.2 Å². The number of hydrogen-bond acceptors (Lipinski definition) is 4. The molecule has 1 fully saturated rings. The number of urea groups is 1. The summed E-state index contributed by atoms with van der Waals surface area (Å²) < 4.78 is 41.9. The molecule has 1 aliphatic rings. The summed E-state index contributed by atoms with van der Waals surface area (Å²) in [6.45, 7) is 4.35. The molecule has 0 aliphatic carbocycles. The highest BCUT2D eigenvalue weighted by molar-refractivity contribution is 5.99. The van der Waals surface area contributed by atoms with Gasteiger partial charge in [0.1, 0.15) is 0 Å². The van der Waals surface area contributed by atoms with Gasteiger partial charge in [-0.1, -0.05) is 37.6 Å². The van der Waals surface area contributed by atoms with Crippen LogP contribution in [0.4, 0.5) is 18.0 Å². The third kappa shape index (κ3) is 7.01. The second kappa shape index (κ2) is 11.0. The number of ether oxygens (including phenoxy) is 1. The Morgan fingerprint density at radius 2 is 1.77 bits per heavy atom. The zero-order valence-corrected chi connectivity index (χ0v) is 16.8. The lowest BCUT2D eigenvalue weighted by Gasteiger charge is -2.33. The summed E-state index contributed by atoms with van der Waals surface area (Å²) in [5, 5.41) is 1.56. The van der Waals surface area contributed by atoms with Crippen LogP contribution in [0.1, 0.15) is 35.7 Å². The van der Waals surface area contributed by atoms with Crippen LogP contribution in [0.5, 0.6) is 0 Å². The molecule has 3 amide bonds. The fraction of sp³-hybridized carbons (Fsp3) is 0.550. The average Bonchev–Trinajstić information content (AvgIpc) is 2.74. The van der Waals surface area contributed by atoms with Crippen LogP contribution in [-0.2, 0) is 16.1 Å². The lowest BCUT2D eigenvalue weighted by Crippen LogP contribution is -2.48. The normalized spacial score (nSPS) is 14.3. The third-order valence-electron chi connectivity index (χ3n) is 4.65. The van der Waals surface area contributed by atoms with Gasteiger partial charge in [0.05, 0.1) is 19.8 Å². The molecule has 1 saturated heterocycles. The number of carbonyl (C=O) groups is 3. The number of Topliss-reactive ketones (excluding diaryl/α,β-unsaturated/α-hetero) is 1. The first kappa shape index (κ1) is 23.7. The molecule has 1 aromatic carbocycles. The van der Waals surface area contributed by atoms with E-state index in [0.29, 0.717) is 39.4 Å². The Morgan fingerprint density at radius 3 is 2.33 bits per heavy atom. The maximum Gasteiger partial charge on any atom is 0.471 e. The molecular weight excluding hydrogens is 403 g/mol. The Morgan fingerprint density at radius 1 is 1.13 bits per heavy atom. The van der Waals surface area contributed by atoms with E-state index >= 15 is 0 Å². The Balaban J connectivity index is 1.97. The summed E-state index contributed by atoms with van der Waals surface area (Å²) in [5.41, 5.74) is 0.976. The number of amides is 3. The van der Waals surface area contributed by atoms with E-state index < -0.39 is 24.4 Å². The third-order valence-corrected chi connectivity index (χ3v) is 4.65. The van der Waals surface area contributed by atoms with E-state index in [9.17, 15) is 27.6 Å². The standard InChI is InChI=1S/C20H26F3N3O4/c1-2-3-8-26(19(29)25-9-11-30-12-10-25)14-15-4-6-16(7-5-15)17(27)13-24-18(28)20(21,22)23/h4-7H,2-3,8-14H2,1H3,(H,24,28). The molecule has 1 aliphatic heterocycles. The second-order valence-electron chi connectivity index (χ2n) is 6.96. The summed E-state index contributed by atoms with van der Waals surface area (Å²) >= 11 is 0. The van der Waals surface area contributed by atoms with Gasteiger partial charge >= 0.3 is 18.1 Å². The van der Waals surface area contributed by atoms with Crippen LogP contribution < -0.4 is 5.32 Å². The van der Waals surface area contributed by atoms with E-state index in [4.69, 9.17) is 4.74 Å². The highest BCUT2D eigenvalue weighted by Gasteiger charge is 2.38. The van der Waals surface area contributed by atoms with E-state index in [2.05, 4.69) is 0 Å². The Kier molecular flexibility index (Phi) is 8.64. The minimum Gasteiger partial charge on any atom is -0.378 e. The molecule has 0 unspecified atom stereocenters. The van der Waals surface area contributed by atoms with Crippen molar-refractivity contribution in [2.45, 2.75) is 32.5 Å². The van der Waals surface area contributed by atoms with Gasteiger partial charge in [-0.25, -0.2) is 4.79 Å². The molecule has 0 bridgehead atoms. The molecule has 166 valence electrons. The molecule has 0 aromatic heterocycles. The van der Waals surface area contributed by atoms with Gasteiger partial charge in [0.2, 0.25) is 0 Å². The Labute approximate surface area is 173 Å². The number of ketones is 1. The smallest absolute Gasteiger partial charge is 0.378 e. The molecule has 7 nitrogen and oxygen atoms in total. The van der Waals surface area contributed by atoms with Crippen molar-refractivity contribution in [1.82, 2.24) is 15.1 Å². The highest BCUT2D eigenvalue weighted by atomic mass is 19.4. The van der Waals surface area contributed by atoms with Crippen molar-refractivity contribution in [3.05, 3.63) is 35.4 Å². The van der Waals surface area contributed by atoms with E-state index in [1.807, 2.05) is 6.92 Å². The summed E-state index contributed by atoms with van der Waals surface area (Å²) in [4.78, 5) is 39.1. The Hall–Kier alpha value is -2.62. The monoisotopic (exact) mass is 429 g/mol. The first-order valence-corrected chi connectivity index (χ1v) is 9.81. The summed E-state index contributed by atoms with van der Waals surface area (Å²) in [7, 11) is 0. The van der Waals surface area contributed by atoms with Gasteiger partial charge in [-0.05, 0) is 12.0 Å². The predicted molar refractivity (Wildman–Crippen MR) is 103 cm³/mol.